The van der Waals surface area contributed by atoms with Crippen molar-refractivity contribution in [2.45, 2.75) is 19.3 Å². The average molecular weight is 295 g/mol. The summed E-state index contributed by atoms with van der Waals surface area (Å²) in [6, 6.07) is 3.94. The molecule has 0 fully saturated rings. The highest BCUT2D eigenvalue weighted by molar-refractivity contribution is 5.95. The van der Waals surface area contributed by atoms with E-state index >= 15 is 0 Å². The number of carbonyl (C=O) groups excluding carboxylic acids is 2. The minimum Gasteiger partial charge on any atom is -0.370 e. The zero-order valence-corrected chi connectivity index (χ0v) is 11.3. The highest BCUT2D eigenvalue weighted by atomic mass is 16.6. The van der Waals surface area contributed by atoms with Crippen LogP contribution in [0.4, 0.5) is 11.4 Å². The first-order valence-corrected chi connectivity index (χ1v) is 6.27. The molecule has 0 bridgehead atoms. The molecule has 6 N–H and O–H groups in total. The number of hydrogen-bond donors (Lipinski definition) is 4. The summed E-state index contributed by atoms with van der Waals surface area (Å²) in [6.07, 6.45) is 1.43. The number of hydrazine groups is 1. The van der Waals surface area contributed by atoms with E-state index in [2.05, 4.69) is 10.7 Å². The quantitative estimate of drug-likeness (QED) is 0.233. The lowest BCUT2D eigenvalue weighted by molar-refractivity contribution is -0.384. The Balaban J connectivity index is 2.60. The number of nitro groups is 1. The lowest BCUT2D eigenvalue weighted by Crippen LogP contribution is -2.25. The average Bonchev–Trinajstić information content (AvgIpc) is 2.45. The number of rotatable bonds is 8. The molecule has 9 nitrogen and oxygen atoms in total. The molecule has 2 amide bonds. The van der Waals surface area contributed by atoms with Crippen LogP contribution in [0, 0.1) is 10.1 Å². The van der Waals surface area contributed by atoms with Gasteiger partial charge in [-0.3, -0.25) is 25.5 Å². The Bertz CT molecular complexity index is 546. The zero-order valence-electron chi connectivity index (χ0n) is 11.3. The molecule has 0 radical (unpaired) electrons. The van der Waals surface area contributed by atoms with Gasteiger partial charge >= 0.3 is 0 Å². The monoisotopic (exact) mass is 295 g/mol. The van der Waals surface area contributed by atoms with Gasteiger partial charge in [0.25, 0.3) is 11.6 Å². The number of carbonyl (C=O) groups is 2. The molecular weight excluding hydrogens is 278 g/mol. The van der Waals surface area contributed by atoms with Gasteiger partial charge in [-0.2, -0.15) is 0 Å². The zero-order chi connectivity index (χ0) is 15.8. The van der Waals surface area contributed by atoms with Gasteiger partial charge in [0, 0.05) is 24.6 Å². The summed E-state index contributed by atoms with van der Waals surface area (Å²) in [6.45, 7) is 0.358. The molecule has 0 aliphatic heterocycles. The highest BCUT2D eigenvalue weighted by Gasteiger charge is 2.16. The van der Waals surface area contributed by atoms with Gasteiger partial charge < -0.3 is 16.5 Å². The van der Waals surface area contributed by atoms with Crippen LogP contribution in [0.1, 0.15) is 29.6 Å². The predicted octanol–water partition coefficient (Wildman–Crippen LogP) is 0.266. The third-order valence-electron chi connectivity index (χ3n) is 2.75. The number of nitrogens with zero attached hydrogens (tertiary/aromatic N) is 1. The minimum absolute atomic E-state index is 0.123. The minimum atomic E-state index is -0.626. The number of primary amides is 1. The van der Waals surface area contributed by atoms with Gasteiger partial charge in [0.1, 0.15) is 5.69 Å². The van der Waals surface area contributed by atoms with E-state index < -0.39 is 10.8 Å². The van der Waals surface area contributed by atoms with Crippen molar-refractivity contribution < 1.29 is 14.5 Å². The van der Waals surface area contributed by atoms with Gasteiger partial charge in [-0.05, 0) is 25.0 Å². The maximum atomic E-state index is 11.8. The molecule has 21 heavy (non-hydrogen) atoms. The maximum Gasteiger partial charge on any atom is 0.294 e. The predicted molar refractivity (Wildman–Crippen MR) is 76.3 cm³/mol. The molecule has 0 aromatic heterocycles. The first kappa shape index (κ1) is 16.4. The van der Waals surface area contributed by atoms with Gasteiger partial charge in [-0.15, -0.1) is 0 Å². The Hall–Kier alpha value is -2.68. The Labute approximate surface area is 120 Å². The molecule has 0 heterocycles. The van der Waals surface area contributed by atoms with Gasteiger partial charge in [-0.25, -0.2) is 0 Å². The molecule has 9 heteroatoms. The van der Waals surface area contributed by atoms with Crippen molar-refractivity contribution in [3.63, 3.8) is 0 Å². The number of benzene rings is 1. The molecule has 1 aromatic rings. The largest absolute Gasteiger partial charge is 0.370 e. The van der Waals surface area contributed by atoms with Crippen molar-refractivity contribution in [3.05, 3.63) is 33.9 Å². The lowest BCUT2D eigenvalue weighted by atomic mass is 10.1. The van der Waals surface area contributed by atoms with Crippen LogP contribution in [0.3, 0.4) is 0 Å². The molecular formula is C12H17N5O4. The highest BCUT2D eigenvalue weighted by Crippen LogP contribution is 2.24. The van der Waals surface area contributed by atoms with E-state index in [1.165, 1.54) is 12.1 Å². The third kappa shape index (κ3) is 5.07. The van der Waals surface area contributed by atoms with E-state index in [1.807, 2.05) is 0 Å². The standard InChI is InChI=1S/C12H17N5O4/c13-11(18)3-1-2-6-15-12(19)8-4-5-9(16-14)10(7-8)17(20)21/h4-5,7,16H,1-3,6,14H2,(H2,13,18)(H,15,19). The van der Waals surface area contributed by atoms with E-state index in [1.54, 1.807) is 0 Å². The van der Waals surface area contributed by atoms with Gasteiger partial charge in [0.15, 0.2) is 0 Å². The van der Waals surface area contributed by atoms with Crippen LogP contribution in [0.2, 0.25) is 0 Å². The summed E-state index contributed by atoms with van der Waals surface area (Å²) < 4.78 is 0. The van der Waals surface area contributed by atoms with E-state index in [4.69, 9.17) is 11.6 Å². The van der Waals surface area contributed by atoms with Crippen molar-refractivity contribution in [3.8, 4) is 0 Å². The van der Waals surface area contributed by atoms with Crippen LogP contribution in [0.15, 0.2) is 18.2 Å². The summed E-state index contributed by atoms with van der Waals surface area (Å²) in [7, 11) is 0. The molecule has 1 rings (SSSR count). The maximum absolute atomic E-state index is 11.8. The molecule has 0 spiro atoms. The molecule has 0 unspecified atom stereocenters. The molecule has 114 valence electrons. The second-order valence-corrected chi connectivity index (χ2v) is 4.31. The van der Waals surface area contributed by atoms with Crippen LogP contribution < -0.4 is 22.3 Å². The van der Waals surface area contributed by atoms with E-state index in [0.29, 0.717) is 19.4 Å². The number of nitrogens with two attached hydrogens (primary N) is 2. The fourth-order valence-electron chi connectivity index (χ4n) is 1.67. The molecule has 0 aliphatic carbocycles. The van der Waals surface area contributed by atoms with Crippen LogP contribution in [0.5, 0.6) is 0 Å². The van der Waals surface area contributed by atoms with Gasteiger partial charge in [0.2, 0.25) is 5.91 Å². The summed E-state index contributed by atoms with van der Waals surface area (Å²) in [5.74, 6) is 4.34. The number of nitrogens with one attached hydrogen (secondary N) is 2. The third-order valence-corrected chi connectivity index (χ3v) is 2.75. The van der Waals surface area contributed by atoms with Crippen molar-refractivity contribution in [1.82, 2.24) is 5.32 Å². The Morgan fingerprint density at radius 3 is 2.57 bits per heavy atom. The molecule has 1 aromatic carbocycles. The molecule has 0 saturated heterocycles. The van der Waals surface area contributed by atoms with E-state index in [-0.39, 0.29) is 29.3 Å². The summed E-state index contributed by atoms with van der Waals surface area (Å²) in [5.41, 5.74) is 7.19. The number of unbranched alkanes of at least 4 members (excludes halogenated alkanes) is 1. The number of nitro benzene ring substituents is 1. The van der Waals surface area contributed by atoms with Gasteiger partial charge in [-0.1, -0.05) is 0 Å². The number of anilines is 1. The second kappa shape index (κ2) is 7.80. The molecule has 0 aliphatic rings. The van der Waals surface area contributed by atoms with Crippen molar-refractivity contribution >= 4 is 23.2 Å². The fraction of sp³-hybridized carbons (Fsp3) is 0.333. The first-order valence-electron chi connectivity index (χ1n) is 6.27. The lowest BCUT2D eigenvalue weighted by Gasteiger charge is -2.06. The van der Waals surface area contributed by atoms with E-state index in [9.17, 15) is 19.7 Å². The Kier molecular flexibility index (Phi) is 6.08. The van der Waals surface area contributed by atoms with Crippen LogP contribution in [-0.2, 0) is 4.79 Å². The van der Waals surface area contributed by atoms with Crippen LogP contribution in [-0.4, -0.2) is 23.3 Å². The summed E-state index contributed by atoms with van der Waals surface area (Å²) in [4.78, 5) is 32.6. The Morgan fingerprint density at radius 1 is 1.29 bits per heavy atom. The molecule has 0 saturated carbocycles. The number of nitrogen functional groups attached to an aromatic ring is 1. The normalized spacial score (nSPS) is 9.95. The van der Waals surface area contributed by atoms with Gasteiger partial charge in [0.05, 0.1) is 4.92 Å². The Morgan fingerprint density at radius 2 is 2.00 bits per heavy atom. The summed E-state index contributed by atoms with van der Waals surface area (Å²) >= 11 is 0. The van der Waals surface area contributed by atoms with Crippen molar-refractivity contribution in [2.75, 3.05) is 12.0 Å². The molecule has 0 atom stereocenters. The number of hydrogen-bond acceptors (Lipinski definition) is 6. The van der Waals surface area contributed by atoms with Crippen molar-refractivity contribution in [2.24, 2.45) is 11.6 Å². The van der Waals surface area contributed by atoms with Crippen LogP contribution >= 0.6 is 0 Å². The smallest absolute Gasteiger partial charge is 0.294 e. The number of amides is 2. The first-order chi connectivity index (χ1) is 9.95. The van der Waals surface area contributed by atoms with Crippen molar-refractivity contribution in [1.29, 1.82) is 0 Å². The fourth-order valence-corrected chi connectivity index (χ4v) is 1.67. The van der Waals surface area contributed by atoms with E-state index in [0.717, 1.165) is 6.07 Å². The second-order valence-electron chi connectivity index (χ2n) is 4.31. The summed E-state index contributed by atoms with van der Waals surface area (Å²) in [5, 5.41) is 13.5. The SMILES string of the molecule is NNc1ccc(C(=O)NCCCCC(N)=O)cc1[N+](=O)[O-]. The van der Waals surface area contributed by atoms with Crippen LogP contribution in [0.25, 0.3) is 0 Å². The topological polar surface area (TPSA) is 153 Å².